The molecule has 7 heteroatoms. The topological polar surface area (TPSA) is 79.9 Å². The van der Waals surface area contributed by atoms with Gasteiger partial charge in [0.05, 0.1) is 29.4 Å². The molecule has 0 radical (unpaired) electrons. The number of hydrogen-bond acceptors (Lipinski definition) is 6. The quantitative estimate of drug-likeness (QED) is 0.253. The number of nitrogens with one attached hydrogen (secondary N) is 2. The molecule has 4 aromatic rings. The van der Waals surface area contributed by atoms with Crippen LogP contribution in [0.2, 0.25) is 0 Å². The Hall–Kier alpha value is -3.58. The van der Waals surface area contributed by atoms with E-state index in [0.717, 1.165) is 71.5 Å². The van der Waals surface area contributed by atoms with Crippen molar-refractivity contribution in [2.24, 2.45) is 10.8 Å². The fraction of sp³-hybridized carbons (Fsp3) is 0.300. The van der Waals surface area contributed by atoms with Crippen molar-refractivity contribution in [2.45, 2.75) is 41.9 Å². The van der Waals surface area contributed by atoms with Gasteiger partial charge in [0, 0.05) is 33.6 Å². The molecule has 2 aromatic carbocycles. The first-order chi connectivity index (χ1) is 18.1. The second-order valence-electron chi connectivity index (χ2n) is 10.3. The monoisotopic (exact) mass is 510 g/mol. The van der Waals surface area contributed by atoms with Crippen LogP contribution < -0.4 is 5.32 Å². The van der Waals surface area contributed by atoms with Crippen LogP contribution in [-0.4, -0.2) is 34.8 Å². The summed E-state index contributed by atoms with van der Waals surface area (Å²) in [5.41, 5.74) is 3.87. The number of aromatic nitrogens is 3. The van der Waals surface area contributed by atoms with Gasteiger partial charge in [-0.15, -0.1) is 0 Å². The fourth-order valence-corrected chi connectivity index (χ4v) is 6.99. The number of aromatic amines is 1. The molecule has 2 fully saturated rings. The first-order valence-corrected chi connectivity index (χ1v) is 13.6. The van der Waals surface area contributed by atoms with Gasteiger partial charge in [-0.05, 0) is 92.1 Å². The van der Waals surface area contributed by atoms with E-state index in [2.05, 4.69) is 63.0 Å². The Morgan fingerprint density at radius 1 is 1.08 bits per heavy atom. The van der Waals surface area contributed by atoms with Gasteiger partial charge in [0.2, 0.25) is 0 Å². The number of nitrogens with zero attached hydrogens (tertiary/aromatic N) is 2. The third-order valence-corrected chi connectivity index (χ3v) is 9.10. The first-order valence-electron chi connectivity index (χ1n) is 12.7. The highest BCUT2D eigenvalue weighted by molar-refractivity contribution is 7.99. The number of carbonyl (C=O) groups is 1. The number of methoxy groups -OCH3 is 1. The third-order valence-electron chi connectivity index (χ3n) is 8.03. The van der Waals surface area contributed by atoms with Crippen LogP contribution in [0, 0.1) is 10.8 Å². The van der Waals surface area contributed by atoms with Crippen LogP contribution in [0.3, 0.4) is 0 Å². The molecule has 6 nitrogen and oxygen atoms in total. The Balaban J connectivity index is 1.16. The molecule has 2 bridgehead atoms. The molecule has 0 atom stereocenters. The molecule has 2 aromatic heterocycles. The van der Waals surface area contributed by atoms with E-state index in [1.165, 1.54) is 12.0 Å². The van der Waals surface area contributed by atoms with Gasteiger partial charge in [-0.3, -0.25) is 14.9 Å². The van der Waals surface area contributed by atoms with Crippen molar-refractivity contribution < 1.29 is 9.53 Å². The van der Waals surface area contributed by atoms with Crippen molar-refractivity contribution in [1.82, 2.24) is 15.2 Å². The lowest BCUT2D eigenvalue weighted by atomic mass is 9.82. The molecule has 2 heterocycles. The Labute approximate surface area is 220 Å². The summed E-state index contributed by atoms with van der Waals surface area (Å²) in [5.74, 6) is -0.0209. The SMILES string of the molecule is COC(=O)C12CCC(CNc3ccccc3Sc3ccc4c(/C=C/c5ccccn5)n[nH]c4c3)(CC1)C2. The average molecular weight is 511 g/mol. The zero-order valence-electron chi connectivity index (χ0n) is 20.9. The van der Waals surface area contributed by atoms with Crippen molar-refractivity contribution >= 4 is 46.5 Å². The third kappa shape index (κ3) is 4.64. The highest BCUT2D eigenvalue weighted by Gasteiger charge is 2.58. The normalized spacial score (nSPS) is 22.6. The lowest BCUT2D eigenvalue weighted by Gasteiger charge is -2.28. The van der Waals surface area contributed by atoms with Gasteiger partial charge in [-0.25, -0.2) is 0 Å². The minimum atomic E-state index is -0.254. The van der Waals surface area contributed by atoms with Crippen LogP contribution in [0.5, 0.6) is 0 Å². The number of anilines is 1. The maximum absolute atomic E-state index is 12.4. The predicted octanol–water partition coefficient (Wildman–Crippen LogP) is 6.81. The predicted molar refractivity (Wildman–Crippen MR) is 148 cm³/mol. The van der Waals surface area contributed by atoms with E-state index >= 15 is 0 Å². The van der Waals surface area contributed by atoms with Crippen LogP contribution >= 0.6 is 11.8 Å². The molecule has 0 spiro atoms. The zero-order valence-corrected chi connectivity index (χ0v) is 21.7. The average Bonchev–Trinajstić information content (AvgIpc) is 3.64. The summed E-state index contributed by atoms with van der Waals surface area (Å²) < 4.78 is 5.14. The molecule has 2 aliphatic rings. The maximum atomic E-state index is 12.4. The molecule has 0 saturated heterocycles. The van der Waals surface area contributed by atoms with Crippen molar-refractivity contribution in [3.8, 4) is 0 Å². The summed E-state index contributed by atoms with van der Waals surface area (Å²) in [5, 5.41) is 12.5. The van der Waals surface area contributed by atoms with E-state index in [-0.39, 0.29) is 16.8 Å². The molecular weight excluding hydrogens is 480 g/mol. The lowest BCUT2D eigenvalue weighted by Crippen LogP contribution is -2.27. The van der Waals surface area contributed by atoms with Crippen molar-refractivity contribution in [3.05, 3.63) is 78.2 Å². The molecular formula is C30H30N4O2S. The molecule has 0 aliphatic heterocycles. The summed E-state index contributed by atoms with van der Waals surface area (Å²) >= 11 is 1.74. The van der Waals surface area contributed by atoms with Crippen LogP contribution in [-0.2, 0) is 9.53 Å². The van der Waals surface area contributed by atoms with E-state index in [9.17, 15) is 4.79 Å². The van der Waals surface area contributed by atoms with Crippen molar-refractivity contribution in [2.75, 3.05) is 19.0 Å². The fourth-order valence-electron chi connectivity index (χ4n) is 6.02. The zero-order chi connectivity index (χ0) is 25.3. The molecule has 6 rings (SSSR count). The van der Waals surface area contributed by atoms with E-state index < -0.39 is 0 Å². The van der Waals surface area contributed by atoms with Crippen LogP contribution in [0.25, 0.3) is 23.1 Å². The summed E-state index contributed by atoms with van der Waals surface area (Å²) in [6.45, 7) is 0.884. The summed E-state index contributed by atoms with van der Waals surface area (Å²) in [4.78, 5) is 19.1. The second-order valence-corrected chi connectivity index (χ2v) is 11.4. The number of pyridine rings is 1. The Kier molecular flexibility index (Phi) is 6.24. The van der Waals surface area contributed by atoms with Crippen molar-refractivity contribution in [3.63, 3.8) is 0 Å². The number of ether oxygens (including phenoxy) is 1. The summed E-state index contributed by atoms with van der Waals surface area (Å²) in [6, 6.07) is 20.7. The number of H-pyrrole nitrogens is 1. The number of fused-ring (bicyclic) bond motifs is 3. The highest BCUT2D eigenvalue weighted by Crippen LogP contribution is 2.62. The highest BCUT2D eigenvalue weighted by atomic mass is 32.2. The number of carbonyl (C=O) groups excluding carboxylic acids is 1. The Morgan fingerprint density at radius 2 is 1.92 bits per heavy atom. The molecule has 2 N–H and O–H groups in total. The number of benzene rings is 2. The van der Waals surface area contributed by atoms with Gasteiger partial charge < -0.3 is 10.1 Å². The Bertz CT molecular complexity index is 1450. The van der Waals surface area contributed by atoms with E-state index in [4.69, 9.17) is 4.74 Å². The molecule has 2 aliphatic carbocycles. The van der Waals surface area contributed by atoms with Crippen LogP contribution in [0.1, 0.15) is 43.5 Å². The minimum absolute atomic E-state index is 0.0209. The van der Waals surface area contributed by atoms with Crippen molar-refractivity contribution in [1.29, 1.82) is 0 Å². The summed E-state index contributed by atoms with van der Waals surface area (Å²) in [6.07, 6.45) is 10.7. The largest absolute Gasteiger partial charge is 0.469 e. The van der Waals surface area contributed by atoms with E-state index in [1.807, 2.05) is 30.4 Å². The standard InChI is InChI=1S/C30H30N4O2S/c1-36-28(35)30-15-13-29(19-30,14-16-30)20-32-25-7-2-3-8-27(25)37-22-10-11-23-24(33-34-26(23)18-22)12-9-21-6-4-5-17-31-21/h2-12,17-18,32H,13-16,19-20H2,1H3,(H,33,34)/b12-9+. The van der Waals surface area contributed by atoms with Crippen LogP contribution in [0.4, 0.5) is 5.69 Å². The van der Waals surface area contributed by atoms with Gasteiger partial charge in [-0.2, -0.15) is 5.10 Å². The van der Waals surface area contributed by atoms with Gasteiger partial charge in [-0.1, -0.05) is 30.0 Å². The number of esters is 1. The number of para-hydroxylation sites is 1. The molecule has 0 amide bonds. The van der Waals surface area contributed by atoms with Gasteiger partial charge in [0.25, 0.3) is 0 Å². The maximum Gasteiger partial charge on any atom is 0.311 e. The molecule has 0 unspecified atom stereocenters. The lowest BCUT2D eigenvalue weighted by molar-refractivity contribution is -0.152. The van der Waals surface area contributed by atoms with Gasteiger partial charge >= 0.3 is 5.97 Å². The van der Waals surface area contributed by atoms with Crippen LogP contribution in [0.15, 0.2) is 76.7 Å². The number of hydrogen-bond donors (Lipinski definition) is 2. The van der Waals surface area contributed by atoms with Gasteiger partial charge in [0.1, 0.15) is 0 Å². The minimum Gasteiger partial charge on any atom is -0.469 e. The number of rotatable bonds is 8. The molecule has 2 saturated carbocycles. The smallest absolute Gasteiger partial charge is 0.311 e. The molecule has 37 heavy (non-hydrogen) atoms. The molecule has 188 valence electrons. The second kappa shape index (κ2) is 9.71. The van der Waals surface area contributed by atoms with E-state index in [0.29, 0.717) is 0 Å². The first kappa shape index (κ1) is 23.8. The van der Waals surface area contributed by atoms with E-state index in [1.54, 1.807) is 18.0 Å². The Morgan fingerprint density at radius 3 is 2.73 bits per heavy atom. The summed E-state index contributed by atoms with van der Waals surface area (Å²) in [7, 11) is 1.52. The van der Waals surface area contributed by atoms with Gasteiger partial charge in [0.15, 0.2) is 0 Å².